The molecular formula is C12H15N5O4S2. The molecule has 1 aliphatic heterocycles. The number of ether oxygens (including phenoxy) is 1. The first-order valence-corrected chi connectivity index (χ1v) is 9.09. The van der Waals surface area contributed by atoms with Crippen molar-refractivity contribution in [2.75, 3.05) is 18.1 Å². The third-order valence-corrected chi connectivity index (χ3v) is 5.75. The van der Waals surface area contributed by atoms with Gasteiger partial charge in [0.05, 0.1) is 17.8 Å². The van der Waals surface area contributed by atoms with Crippen molar-refractivity contribution in [3.63, 3.8) is 0 Å². The highest BCUT2D eigenvalue weighted by Crippen LogP contribution is 2.45. The Hall–Kier alpha value is -1.69. The van der Waals surface area contributed by atoms with Crippen molar-refractivity contribution < 1.29 is 14.9 Å². The Bertz CT molecular complexity index is 817. The van der Waals surface area contributed by atoms with Gasteiger partial charge in [0.1, 0.15) is 11.9 Å². The highest BCUT2D eigenvalue weighted by atomic mass is 33.1. The number of nitrogens with one attached hydrogen (secondary N) is 1. The number of fused-ring (bicyclic) bond motifs is 1. The molecule has 0 bridgehead atoms. The molecule has 0 aromatic carbocycles. The second-order valence-electron chi connectivity index (χ2n) is 4.67. The zero-order valence-electron chi connectivity index (χ0n) is 12.1. The molecule has 0 saturated heterocycles. The van der Waals surface area contributed by atoms with Gasteiger partial charge >= 0.3 is 0 Å². The van der Waals surface area contributed by atoms with Gasteiger partial charge in [-0.3, -0.25) is 14.3 Å². The number of nitrogen functional groups attached to an aromatic ring is 1. The van der Waals surface area contributed by atoms with Crippen LogP contribution in [0.3, 0.4) is 0 Å². The van der Waals surface area contributed by atoms with Gasteiger partial charge in [-0.1, -0.05) is 28.5 Å². The van der Waals surface area contributed by atoms with Crippen molar-refractivity contribution in [1.29, 1.82) is 0 Å². The second kappa shape index (κ2) is 6.43. The zero-order valence-corrected chi connectivity index (χ0v) is 13.7. The molecule has 0 fully saturated rings. The van der Waals surface area contributed by atoms with Crippen molar-refractivity contribution in [3.05, 3.63) is 27.3 Å². The maximum Gasteiger partial charge on any atom is 0.280 e. The van der Waals surface area contributed by atoms with Gasteiger partial charge in [-0.25, -0.2) is 4.98 Å². The lowest BCUT2D eigenvalue weighted by molar-refractivity contribution is -0.0224. The summed E-state index contributed by atoms with van der Waals surface area (Å²) in [6.45, 7) is 1.63. The van der Waals surface area contributed by atoms with Gasteiger partial charge in [0, 0.05) is 5.75 Å². The minimum Gasteiger partial charge on any atom is -0.508 e. The van der Waals surface area contributed by atoms with Crippen LogP contribution in [0.25, 0.3) is 11.2 Å². The Kier molecular flexibility index (Phi) is 4.53. The van der Waals surface area contributed by atoms with Crippen molar-refractivity contribution in [3.8, 4) is 0 Å². The Morgan fingerprint density at radius 3 is 3.04 bits per heavy atom. The smallest absolute Gasteiger partial charge is 0.280 e. The van der Waals surface area contributed by atoms with Crippen LogP contribution in [0.1, 0.15) is 13.2 Å². The van der Waals surface area contributed by atoms with E-state index in [1.165, 1.54) is 32.5 Å². The van der Waals surface area contributed by atoms with E-state index in [0.29, 0.717) is 4.91 Å². The predicted octanol–water partition coefficient (Wildman–Crippen LogP) is 0.762. The van der Waals surface area contributed by atoms with E-state index in [4.69, 9.17) is 10.5 Å². The molecule has 2 aromatic heterocycles. The fraction of sp³-hybridized carbons (Fsp3) is 0.417. The number of H-pyrrole nitrogens is 1. The summed E-state index contributed by atoms with van der Waals surface area (Å²) in [7, 11) is 2.88. The summed E-state index contributed by atoms with van der Waals surface area (Å²) in [5, 5.41) is 19.6. The number of aliphatic hydroxyl groups excluding tert-OH is 2. The minimum atomic E-state index is -0.822. The fourth-order valence-electron chi connectivity index (χ4n) is 2.21. The topological polar surface area (TPSA) is 139 Å². The van der Waals surface area contributed by atoms with Gasteiger partial charge in [-0.15, -0.1) is 0 Å². The van der Waals surface area contributed by atoms with Crippen molar-refractivity contribution in [2.24, 2.45) is 0 Å². The predicted molar refractivity (Wildman–Crippen MR) is 88.9 cm³/mol. The van der Waals surface area contributed by atoms with Gasteiger partial charge < -0.3 is 20.7 Å². The molecule has 3 rings (SSSR count). The molecule has 3 heterocycles. The van der Waals surface area contributed by atoms with E-state index in [0.717, 1.165) is 5.75 Å². The summed E-state index contributed by atoms with van der Waals surface area (Å²) in [4.78, 5) is 22.9. The molecule has 0 amide bonds. The molecule has 1 aliphatic rings. The van der Waals surface area contributed by atoms with Crippen LogP contribution < -0.4 is 11.3 Å². The van der Waals surface area contributed by atoms with E-state index in [-0.39, 0.29) is 29.5 Å². The number of anilines is 1. The highest BCUT2D eigenvalue weighted by molar-refractivity contribution is 8.78. The van der Waals surface area contributed by atoms with Gasteiger partial charge in [0.25, 0.3) is 5.56 Å². The highest BCUT2D eigenvalue weighted by Gasteiger charge is 2.37. The molecule has 2 atom stereocenters. The summed E-state index contributed by atoms with van der Waals surface area (Å²) in [6.07, 6.45) is -0.145. The van der Waals surface area contributed by atoms with Gasteiger partial charge in [-0.05, 0) is 0 Å². The number of nitrogens with zero attached hydrogens (tertiary/aromatic N) is 3. The molecule has 2 aromatic rings. The first-order chi connectivity index (χ1) is 11.1. The number of nitrogens with two attached hydrogens (primary N) is 1. The van der Waals surface area contributed by atoms with E-state index >= 15 is 0 Å². The lowest BCUT2D eigenvalue weighted by Gasteiger charge is -2.16. The van der Waals surface area contributed by atoms with E-state index in [9.17, 15) is 15.0 Å². The molecule has 23 heavy (non-hydrogen) atoms. The van der Waals surface area contributed by atoms with E-state index in [1.807, 2.05) is 6.92 Å². The molecule has 0 spiro atoms. The summed E-state index contributed by atoms with van der Waals surface area (Å²) in [5.74, 6) is 0.766. The average Bonchev–Trinajstić information content (AvgIpc) is 3.06. The SMILES string of the molecule is CCSSC1=C(O)[C@@H](CO)O[C@H]1n1cnc2c(=O)[nH]c(N)nc21. The summed E-state index contributed by atoms with van der Waals surface area (Å²) < 4.78 is 7.21. The number of aromatic nitrogens is 4. The minimum absolute atomic E-state index is 0.0249. The second-order valence-corrected chi connectivity index (χ2v) is 7.30. The molecule has 0 unspecified atom stereocenters. The maximum absolute atomic E-state index is 11.9. The largest absolute Gasteiger partial charge is 0.508 e. The first-order valence-electron chi connectivity index (χ1n) is 6.78. The van der Waals surface area contributed by atoms with Crippen LogP contribution in [-0.2, 0) is 4.74 Å². The molecule has 9 nitrogen and oxygen atoms in total. The number of aliphatic hydroxyl groups is 2. The van der Waals surface area contributed by atoms with Crippen molar-refractivity contribution >= 4 is 38.7 Å². The number of hydrogen-bond donors (Lipinski definition) is 4. The van der Waals surface area contributed by atoms with Crippen LogP contribution in [0, 0.1) is 0 Å². The van der Waals surface area contributed by atoms with Crippen LogP contribution in [0.4, 0.5) is 5.95 Å². The molecule has 0 radical (unpaired) electrons. The summed E-state index contributed by atoms with van der Waals surface area (Å²) in [5.41, 5.74) is 5.52. The van der Waals surface area contributed by atoms with E-state index in [2.05, 4.69) is 15.0 Å². The van der Waals surface area contributed by atoms with E-state index < -0.39 is 17.9 Å². The van der Waals surface area contributed by atoms with Crippen LogP contribution in [0.15, 0.2) is 21.8 Å². The molecule has 0 saturated carbocycles. The van der Waals surface area contributed by atoms with Gasteiger partial charge in [0.2, 0.25) is 5.95 Å². The van der Waals surface area contributed by atoms with Gasteiger partial charge in [-0.2, -0.15) is 4.98 Å². The number of rotatable bonds is 5. The molecular weight excluding hydrogens is 342 g/mol. The Morgan fingerprint density at radius 1 is 1.57 bits per heavy atom. The monoisotopic (exact) mass is 357 g/mol. The third kappa shape index (κ3) is 2.80. The molecule has 11 heteroatoms. The maximum atomic E-state index is 11.9. The molecule has 124 valence electrons. The summed E-state index contributed by atoms with van der Waals surface area (Å²) in [6, 6.07) is 0. The standard InChI is InChI=1S/C12H15N5O4S2/c1-2-22-23-8-7(19)5(3-18)21-11(8)17-4-14-6-9(17)15-12(13)16-10(6)20/h4-5,11,18-19H,2-3H2,1H3,(H3,13,15,16,20)/t5-,11-/m1/s1. The van der Waals surface area contributed by atoms with Crippen molar-refractivity contribution in [2.45, 2.75) is 19.3 Å². The normalized spacial score (nSPS) is 21.5. The van der Waals surface area contributed by atoms with Crippen molar-refractivity contribution in [1.82, 2.24) is 19.5 Å². The quantitative estimate of drug-likeness (QED) is 0.571. The molecule has 0 aliphatic carbocycles. The summed E-state index contributed by atoms with van der Waals surface area (Å²) >= 11 is 0. The van der Waals surface area contributed by atoms with E-state index in [1.54, 1.807) is 0 Å². The molecule has 5 N–H and O–H groups in total. The number of imidazole rings is 1. The van der Waals surface area contributed by atoms with Crippen LogP contribution >= 0.6 is 21.6 Å². The first kappa shape index (κ1) is 16.2. The number of hydrogen-bond acceptors (Lipinski definition) is 9. The fourth-order valence-corrected chi connectivity index (χ4v) is 4.16. The lowest BCUT2D eigenvalue weighted by atomic mass is 10.3. The Balaban J connectivity index is 2.08. The van der Waals surface area contributed by atoms with Crippen LogP contribution in [0.5, 0.6) is 0 Å². The Labute approximate surface area is 138 Å². The van der Waals surface area contributed by atoms with Crippen LogP contribution in [0.2, 0.25) is 0 Å². The Morgan fingerprint density at radius 2 is 2.35 bits per heavy atom. The third-order valence-electron chi connectivity index (χ3n) is 3.21. The van der Waals surface area contributed by atoms with Gasteiger partial charge in [0.15, 0.2) is 17.4 Å². The average molecular weight is 357 g/mol. The van der Waals surface area contributed by atoms with Crippen LogP contribution in [-0.4, -0.2) is 48.2 Å². The number of aromatic amines is 1. The lowest BCUT2D eigenvalue weighted by Crippen LogP contribution is -2.19. The zero-order chi connectivity index (χ0) is 16.6.